The Morgan fingerprint density at radius 3 is 2.61 bits per heavy atom. The van der Waals surface area contributed by atoms with Gasteiger partial charge in [0.2, 0.25) is 0 Å². The van der Waals surface area contributed by atoms with E-state index in [0.29, 0.717) is 0 Å². The summed E-state index contributed by atoms with van der Waals surface area (Å²) < 4.78 is 2.14. The lowest BCUT2D eigenvalue weighted by Gasteiger charge is -2.12. The number of hydrogen-bond donors (Lipinski definition) is 1. The minimum atomic E-state index is 0.740. The third-order valence-corrected chi connectivity index (χ3v) is 4.58. The molecule has 1 N–H and O–H groups in total. The first-order valence-electron chi connectivity index (χ1n) is 5.51. The van der Waals surface area contributed by atoms with E-state index in [1.807, 2.05) is 30.3 Å². The summed E-state index contributed by atoms with van der Waals surface area (Å²) in [7, 11) is 0. The molecule has 0 bridgehead atoms. The van der Waals surface area contributed by atoms with E-state index in [-0.39, 0.29) is 0 Å². The number of nitrogens with one attached hydrogen (secondary N) is 1. The topological polar surface area (TPSA) is 12.0 Å². The lowest BCUT2D eigenvalue weighted by molar-refractivity contribution is 1.13. The quantitative estimate of drug-likeness (QED) is 0.701. The first-order chi connectivity index (χ1) is 8.58. The maximum absolute atomic E-state index is 5.92. The number of halogens is 3. The number of rotatable bonds is 3. The van der Waals surface area contributed by atoms with Gasteiger partial charge in [0.25, 0.3) is 0 Å². The van der Waals surface area contributed by atoms with Crippen molar-refractivity contribution >= 4 is 49.1 Å². The second-order valence-electron chi connectivity index (χ2n) is 4.00. The van der Waals surface area contributed by atoms with Gasteiger partial charge in [0.05, 0.1) is 0 Å². The Kier molecular flexibility index (Phi) is 4.71. The van der Waals surface area contributed by atoms with Gasteiger partial charge in [-0.15, -0.1) is 0 Å². The Balaban J connectivity index is 2.14. The molecule has 0 saturated carbocycles. The Labute approximate surface area is 129 Å². The second kappa shape index (κ2) is 6.09. The van der Waals surface area contributed by atoms with E-state index in [1.54, 1.807) is 0 Å². The molecule has 0 unspecified atom stereocenters. The summed E-state index contributed by atoms with van der Waals surface area (Å²) in [5.41, 5.74) is 3.52. The zero-order chi connectivity index (χ0) is 13.1. The van der Waals surface area contributed by atoms with Crippen molar-refractivity contribution in [3.05, 3.63) is 61.5 Å². The molecule has 0 aliphatic heterocycles. The van der Waals surface area contributed by atoms with Crippen LogP contribution in [0.3, 0.4) is 0 Å². The van der Waals surface area contributed by atoms with Crippen LogP contribution in [0.5, 0.6) is 0 Å². The summed E-state index contributed by atoms with van der Waals surface area (Å²) >= 11 is 13.0. The van der Waals surface area contributed by atoms with E-state index >= 15 is 0 Å². The molecule has 0 aliphatic carbocycles. The van der Waals surface area contributed by atoms with Crippen molar-refractivity contribution in [1.29, 1.82) is 0 Å². The van der Waals surface area contributed by atoms with Crippen LogP contribution in [-0.4, -0.2) is 0 Å². The highest BCUT2D eigenvalue weighted by Gasteiger charge is 2.04. The third kappa shape index (κ3) is 3.28. The zero-order valence-electron chi connectivity index (χ0n) is 9.81. The Hall–Kier alpha value is -0.510. The molecule has 0 radical (unpaired) electrons. The molecule has 2 aromatic carbocycles. The maximum atomic E-state index is 5.92. The normalized spacial score (nSPS) is 10.4. The van der Waals surface area contributed by atoms with E-state index < -0.39 is 0 Å². The van der Waals surface area contributed by atoms with Gasteiger partial charge in [0.1, 0.15) is 0 Å². The molecule has 0 aromatic heterocycles. The highest BCUT2D eigenvalue weighted by atomic mass is 79.9. The van der Waals surface area contributed by atoms with Crippen molar-refractivity contribution in [3.8, 4) is 0 Å². The molecule has 2 aromatic rings. The fraction of sp³-hybridized carbons (Fsp3) is 0.143. The fourth-order valence-electron chi connectivity index (χ4n) is 1.65. The molecule has 0 amide bonds. The average Bonchev–Trinajstić information content (AvgIpc) is 2.33. The van der Waals surface area contributed by atoms with Gasteiger partial charge in [0, 0.05) is 26.2 Å². The molecule has 0 heterocycles. The predicted octanol–water partition coefficient (Wildman–Crippen LogP) is 5.79. The van der Waals surface area contributed by atoms with E-state index in [2.05, 4.69) is 50.2 Å². The van der Waals surface area contributed by atoms with Crippen molar-refractivity contribution in [2.24, 2.45) is 0 Å². The van der Waals surface area contributed by atoms with Crippen LogP contribution in [0, 0.1) is 6.92 Å². The predicted molar refractivity (Wildman–Crippen MR) is 85.4 cm³/mol. The lowest BCUT2D eigenvalue weighted by Crippen LogP contribution is -2.01. The van der Waals surface area contributed by atoms with E-state index in [4.69, 9.17) is 11.6 Å². The summed E-state index contributed by atoms with van der Waals surface area (Å²) in [4.78, 5) is 0. The van der Waals surface area contributed by atoms with Gasteiger partial charge in [-0.2, -0.15) is 0 Å². The van der Waals surface area contributed by atoms with Crippen LogP contribution in [0.4, 0.5) is 5.69 Å². The van der Waals surface area contributed by atoms with Crippen LogP contribution in [0.25, 0.3) is 0 Å². The van der Waals surface area contributed by atoms with Gasteiger partial charge >= 0.3 is 0 Å². The molecule has 18 heavy (non-hydrogen) atoms. The van der Waals surface area contributed by atoms with Crippen LogP contribution in [0.2, 0.25) is 5.02 Å². The van der Waals surface area contributed by atoms with Crippen molar-refractivity contribution in [2.45, 2.75) is 13.5 Å². The van der Waals surface area contributed by atoms with Crippen LogP contribution in [0.15, 0.2) is 45.3 Å². The van der Waals surface area contributed by atoms with Crippen molar-refractivity contribution in [2.75, 3.05) is 5.32 Å². The van der Waals surface area contributed by atoms with Crippen LogP contribution < -0.4 is 5.32 Å². The van der Waals surface area contributed by atoms with Crippen LogP contribution in [-0.2, 0) is 6.54 Å². The van der Waals surface area contributed by atoms with Gasteiger partial charge < -0.3 is 5.32 Å². The maximum Gasteiger partial charge on any atom is 0.0417 e. The first kappa shape index (κ1) is 13.9. The molecule has 94 valence electrons. The second-order valence-corrected chi connectivity index (χ2v) is 6.15. The summed E-state index contributed by atoms with van der Waals surface area (Å²) in [6, 6.07) is 12.0. The van der Waals surface area contributed by atoms with Gasteiger partial charge in [-0.25, -0.2) is 0 Å². The molecular formula is C14H12Br2ClN. The van der Waals surface area contributed by atoms with Gasteiger partial charge in [-0.05, 0) is 42.3 Å². The monoisotopic (exact) mass is 387 g/mol. The summed E-state index contributed by atoms with van der Waals surface area (Å²) in [5, 5.41) is 4.17. The Morgan fingerprint density at radius 2 is 1.89 bits per heavy atom. The molecule has 1 nitrogen and oxygen atoms in total. The third-order valence-electron chi connectivity index (χ3n) is 2.75. The molecule has 0 fully saturated rings. The van der Waals surface area contributed by atoms with E-state index in [1.165, 1.54) is 11.1 Å². The minimum Gasteiger partial charge on any atom is -0.381 e. The summed E-state index contributed by atoms with van der Waals surface area (Å²) in [6.45, 7) is 2.85. The van der Waals surface area contributed by atoms with Crippen molar-refractivity contribution in [3.63, 3.8) is 0 Å². The molecule has 0 atom stereocenters. The molecule has 2 rings (SSSR count). The van der Waals surface area contributed by atoms with E-state index in [9.17, 15) is 0 Å². The van der Waals surface area contributed by atoms with Crippen molar-refractivity contribution in [1.82, 2.24) is 0 Å². The summed E-state index contributed by atoms with van der Waals surface area (Å²) in [5.74, 6) is 0. The Morgan fingerprint density at radius 1 is 1.11 bits per heavy atom. The van der Waals surface area contributed by atoms with Crippen molar-refractivity contribution < 1.29 is 0 Å². The van der Waals surface area contributed by atoms with Crippen LogP contribution >= 0.6 is 43.5 Å². The number of benzene rings is 2. The molecule has 4 heteroatoms. The highest BCUT2D eigenvalue weighted by molar-refractivity contribution is 9.10. The van der Waals surface area contributed by atoms with Gasteiger partial charge in [-0.1, -0.05) is 55.6 Å². The molecule has 0 saturated heterocycles. The molecule has 0 aliphatic rings. The average molecular weight is 390 g/mol. The smallest absolute Gasteiger partial charge is 0.0417 e. The van der Waals surface area contributed by atoms with Gasteiger partial charge in [-0.3, -0.25) is 0 Å². The largest absolute Gasteiger partial charge is 0.381 e. The zero-order valence-corrected chi connectivity index (χ0v) is 13.7. The van der Waals surface area contributed by atoms with Gasteiger partial charge in [0.15, 0.2) is 0 Å². The SMILES string of the molecule is Cc1c(Br)cccc1NCc1ccc(Cl)cc1Br. The Bertz CT molecular complexity index is 570. The molecule has 0 spiro atoms. The standard InChI is InChI=1S/C14H12Br2ClN/c1-9-12(15)3-2-4-14(9)18-8-10-5-6-11(17)7-13(10)16/h2-7,18H,8H2,1H3. The van der Waals surface area contributed by atoms with Crippen LogP contribution in [0.1, 0.15) is 11.1 Å². The lowest BCUT2D eigenvalue weighted by atomic mass is 10.2. The number of anilines is 1. The molecular weight excluding hydrogens is 377 g/mol. The number of hydrogen-bond acceptors (Lipinski definition) is 1. The fourth-order valence-corrected chi connectivity index (χ4v) is 2.84. The van der Waals surface area contributed by atoms with E-state index in [0.717, 1.165) is 26.2 Å². The highest BCUT2D eigenvalue weighted by Crippen LogP contribution is 2.26. The summed E-state index contributed by atoms with van der Waals surface area (Å²) in [6.07, 6.45) is 0. The first-order valence-corrected chi connectivity index (χ1v) is 7.47. The minimum absolute atomic E-state index is 0.740.